The average molecular weight is 249 g/mol. The highest BCUT2D eigenvalue weighted by molar-refractivity contribution is 5.12. The van der Waals surface area contributed by atoms with E-state index in [9.17, 15) is 0 Å². The first-order valence-corrected chi connectivity index (χ1v) is 7.31. The van der Waals surface area contributed by atoms with Gasteiger partial charge in [0.2, 0.25) is 0 Å². The highest BCUT2D eigenvalue weighted by Crippen LogP contribution is 2.28. The summed E-state index contributed by atoms with van der Waals surface area (Å²) in [4.78, 5) is 0. The van der Waals surface area contributed by atoms with Crippen LogP contribution in [0.15, 0.2) is 6.07 Å². The summed E-state index contributed by atoms with van der Waals surface area (Å²) in [6.07, 6.45) is 6.08. The van der Waals surface area contributed by atoms with E-state index in [2.05, 4.69) is 49.0 Å². The first-order valence-electron chi connectivity index (χ1n) is 7.31. The predicted molar refractivity (Wildman–Crippen MR) is 75.7 cm³/mol. The smallest absolute Gasteiger partial charge is 0.0624 e. The summed E-state index contributed by atoms with van der Waals surface area (Å²) in [5.41, 5.74) is 2.93. The molecule has 0 aromatic carbocycles. The van der Waals surface area contributed by atoms with Crippen molar-refractivity contribution in [2.24, 2.45) is 12.5 Å². The summed E-state index contributed by atoms with van der Waals surface area (Å²) in [6.45, 7) is 7.98. The molecule has 0 bridgehead atoms. The van der Waals surface area contributed by atoms with Crippen LogP contribution in [0, 0.1) is 5.41 Å². The van der Waals surface area contributed by atoms with E-state index in [-0.39, 0.29) is 0 Å². The lowest BCUT2D eigenvalue weighted by Crippen LogP contribution is -2.34. The van der Waals surface area contributed by atoms with Crippen molar-refractivity contribution in [1.82, 2.24) is 15.1 Å². The minimum Gasteiger partial charge on any atom is -0.313 e. The molecule has 1 atom stereocenters. The van der Waals surface area contributed by atoms with Gasteiger partial charge in [-0.1, -0.05) is 20.8 Å². The second kappa shape index (κ2) is 5.43. The van der Waals surface area contributed by atoms with E-state index in [0.717, 1.165) is 25.4 Å². The van der Waals surface area contributed by atoms with E-state index in [1.807, 2.05) is 0 Å². The molecule has 3 heteroatoms. The molecular formula is C15H27N3. The quantitative estimate of drug-likeness (QED) is 0.805. The lowest BCUT2D eigenvalue weighted by atomic mass is 9.82. The van der Waals surface area contributed by atoms with Gasteiger partial charge in [0.1, 0.15) is 0 Å². The van der Waals surface area contributed by atoms with Crippen molar-refractivity contribution in [3.63, 3.8) is 0 Å². The van der Waals surface area contributed by atoms with Gasteiger partial charge in [-0.05, 0) is 43.6 Å². The number of rotatable bonds is 7. The lowest BCUT2D eigenvalue weighted by Gasteiger charge is -2.28. The van der Waals surface area contributed by atoms with Crippen LogP contribution < -0.4 is 5.32 Å². The van der Waals surface area contributed by atoms with Gasteiger partial charge in [0, 0.05) is 25.3 Å². The molecule has 1 saturated carbocycles. The molecule has 1 unspecified atom stereocenters. The van der Waals surface area contributed by atoms with Crippen LogP contribution in [-0.4, -0.2) is 22.4 Å². The summed E-state index contributed by atoms with van der Waals surface area (Å²) in [5, 5.41) is 8.23. The summed E-state index contributed by atoms with van der Waals surface area (Å²) < 4.78 is 2.06. The van der Waals surface area contributed by atoms with Crippen molar-refractivity contribution in [3.05, 3.63) is 17.5 Å². The molecule has 3 nitrogen and oxygen atoms in total. The Morgan fingerprint density at radius 3 is 2.67 bits per heavy atom. The number of aryl methyl sites for hydroxylation is 2. The standard InChI is InChI=1S/C15H27N3/c1-5-12-9-14(18(4)17-12)10-15(3,6-2)11-16-13-7-8-13/h9,13,16H,5-8,10-11H2,1-4H3. The Balaban J connectivity index is 2.00. The maximum atomic E-state index is 4.55. The largest absolute Gasteiger partial charge is 0.313 e. The van der Waals surface area contributed by atoms with Crippen molar-refractivity contribution in [1.29, 1.82) is 0 Å². The molecule has 1 aliphatic carbocycles. The number of aromatic nitrogens is 2. The molecule has 0 radical (unpaired) electrons. The number of hydrogen-bond acceptors (Lipinski definition) is 2. The molecule has 1 aromatic rings. The lowest BCUT2D eigenvalue weighted by molar-refractivity contribution is 0.283. The van der Waals surface area contributed by atoms with Gasteiger partial charge in [0.25, 0.3) is 0 Å². The molecule has 0 aliphatic heterocycles. The third-order valence-electron chi connectivity index (χ3n) is 4.25. The second-order valence-corrected chi connectivity index (χ2v) is 6.10. The molecule has 1 aliphatic rings. The minimum atomic E-state index is 0.349. The van der Waals surface area contributed by atoms with Gasteiger partial charge in [0.15, 0.2) is 0 Å². The fraction of sp³-hybridized carbons (Fsp3) is 0.800. The first kappa shape index (κ1) is 13.6. The molecule has 2 rings (SSSR count). The Bertz CT molecular complexity index is 392. The second-order valence-electron chi connectivity index (χ2n) is 6.10. The van der Waals surface area contributed by atoms with Gasteiger partial charge in [-0.2, -0.15) is 5.10 Å². The van der Waals surface area contributed by atoms with E-state index < -0.39 is 0 Å². The normalized spacial score (nSPS) is 18.9. The zero-order valence-corrected chi connectivity index (χ0v) is 12.3. The Morgan fingerprint density at radius 1 is 1.44 bits per heavy atom. The zero-order valence-electron chi connectivity index (χ0n) is 12.3. The summed E-state index contributed by atoms with van der Waals surface area (Å²) >= 11 is 0. The Labute approximate surface area is 111 Å². The van der Waals surface area contributed by atoms with Crippen molar-refractivity contribution in [2.75, 3.05) is 6.54 Å². The maximum Gasteiger partial charge on any atom is 0.0624 e. The molecule has 1 fully saturated rings. The van der Waals surface area contributed by atoms with E-state index >= 15 is 0 Å². The van der Waals surface area contributed by atoms with Crippen LogP contribution >= 0.6 is 0 Å². The first-order chi connectivity index (χ1) is 8.56. The van der Waals surface area contributed by atoms with E-state index in [1.54, 1.807) is 0 Å². The molecule has 1 N–H and O–H groups in total. The molecule has 0 amide bonds. The molecule has 18 heavy (non-hydrogen) atoms. The van der Waals surface area contributed by atoms with Crippen molar-refractivity contribution in [3.8, 4) is 0 Å². The maximum absolute atomic E-state index is 4.55. The third kappa shape index (κ3) is 3.35. The number of nitrogens with zero attached hydrogens (tertiary/aromatic N) is 2. The van der Waals surface area contributed by atoms with E-state index in [0.29, 0.717) is 5.41 Å². The van der Waals surface area contributed by atoms with Gasteiger partial charge in [-0.3, -0.25) is 4.68 Å². The summed E-state index contributed by atoms with van der Waals surface area (Å²) in [5.74, 6) is 0. The summed E-state index contributed by atoms with van der Waals surface area (Å²) in [6, 6.07) is 3.07. The van der Waals surface area contributed by atoms with Crippen molar-refractivity contribution in [2.45, 2.75) is 58.9 Å². The van der Waals surface area contributed by atoms with Crippen molar-refractivity contribution < 1.29 is 0 Å². The van der Waals surface area contributed by atoms with Crippen LogP contribution in [-0.2, 0) is 19.9 Å². The molecule has 1 aromatic heterocycles. The van der Waals surface area contributed by atoms with Crippen LogP contribution in [0.3, 0.4) is 0 Å². The fourth-order valence-electron chi connectivity index (χ4n) is 2.34. The van der Waals surface area contributed by atoms with Gasteiger partial charge < -0.3 is 5.32 Å². The molecule has 0 spiro atoms. The molecular weight excluding hydrogens is 222 g/mol. The Kier molecular flexibility index (Phi) is 4.10. The van der Waals surface area contributed by atoms with Gasteiger partial charge in [-0.15, -0.1) is 0 Å². The SMILES string of the molecule is CCc1cc(CC(C)(CC)CNC2CC2)n(C)n1. The van der Waals surface area contributed by atoms with Crippen molar-refractivity contribution >= 4 is 0 Å². The topological polar surface area (TPSA) is 29.9 Å². The van der Waals surface area contributed by atoms with Crippen LogP contribution in [0.2, 0.25) is 0 Å². The highest BCUT2D eigenvalue weighted by atomic mass is 15.3. The van der Waals surface area contributed by atoms with Crippen LogP contribution in [0.1, 0.15) is 51.4 Å². The highest BCUT2D eigenvalue weighted by Gasteiger charge is 2.28. The minimum absolute atomic E-state index is 0.349. The Morgan fingerprint density at radius 2 is 2.17 bits per heavy atom. The zero-order chi connectivity index (χ0) is 13.2. The molecule has 0 saturated heterocycles. The van der Waals surface area contributed by atoms with Gasteiger partial charge in [-0.25, -0.2) is 0 Å². The summed E-state index contributed by atoms with van der Waals surface area (Å²) in [7, 11) is 2.07. The Hall–Kier alpha value is -0.830. The van der Waals surface area contributed by atoms with Gasteiger partial charge >= 0.3 is 0 Å². The van der Waals surface area contributed by atoms with Gasteiger partial charge in [0.05, 0.1) is 5.69 Å². The monoisotopic (exact) mass is 249 g/mol. The van der Waals surface area contributed by atoms with Crippen LogP contribution in [0.5, 0.6) is 0 Å². The van der Waals surface area contributed by atoms with E-state index in [4.69, 9.17) is 0 Å². The molecule has 102 valence electrons. The number of hydrogen-bond donors (Lipinski definition) is 1. The third-order valence-corrected chi connectivity index (χ3v) is 4.25. The number of nitrogens with one attached hydrogen (secondary N) is 1. The molecule has 1 heterocycles. The van der Waals surface area contributed by atoms with E-state index in [1.165, 1.54) is 30.7 Å². The predicted octanol–water partition coefficient (Wildman–Crippen LogP) is 2.69. The van der Waals surface area contributed by atoms with Crippen LogP contribution in [0.25, 0.3) is 0 Å². The van der Waals surface area contributed by atoms with Crippen LogP contribution in [0.4, 0.5) is 0 Å². The fourth-order valence-corrected chi connectivity index (χ4v) is 2.34. The average Bonchev–Trinajstić information content (AvgIpc) is 3.13.